The van der Waals surface area contributed by atoms with Crippen molar-refractivity contribution in [2.24, 2.45) is 0 Å². The van der Waals surface area contributed by atoms with E-state index in [4.69, 9.17) is 14.2 Å². The number of ether oxygens (including phenoxy) is 3. The van der Waals surface area contributed by atoms with Crippen molar-refractivity contribution in [1.29, 1.82) is 0 Å². The van der Waals surface area contributed by atoms with Gasteiger partial charge in [-0.25, -0.2) is 13.2 Å². The predicted octanol–water partition coefficient (Wildman–Crippen LogP) is 2.36. The highest BCUT2D eigenvalue weighted by atomic mass is 32.2. The molecule has 3 rings (SSSR count). The molecule has 1 aliphatic rings. The molecular formula is C18H17NO8S. The number of benzene rings is 2. The molecule has 0 aromatic heterocycles. The van der Waals surface area contributed by atoms with Crippen molar-refractivity contribution >= 4 is 21.5 Å². The van der Waals surface area contributed by atoms with Gasteiger partial charge in [0.15, 0.2) is 16.6 Å². The number of nitrogens with zero attached hydrogens (tertiary/aromatic N) is 1. The Morgan fingerprint density at radius 1 is 1.25 bits per heavy atom. The molecule has 1 heterocycles. The highest BCUT2D eigenvalue weighted by molar-refractivity contribution is 7.89. The molecule has 0 aliphatic carbocycles. The Balaban J connectivity index is 1.74. The average Bonchev–Trinajstić information content (AvgIpc) is 2.64. The molecule has 2 aromatic carbocycles. The first-order valence-corrected chi connectivity index (χ1v) is 10.2. The van der Waals surface area contributed by atoms with Crippen LogP contribution < -0.4 is 4.74 Å². The normalized spacial score (nSPS) is 13.3. The molecule has 0 saturated carbocycles. The Hall–Kier alpha value is -2.98. The highest BCUT2D eigenvalue weighted by Crippen LogP contribution is 2.33. The summed E-state index contributed by atoms with van der Waals surface area (Å²) in [6.07, 6.45) is 1.13. The van der Waals surface area contributed by atoms with Gasteiger partial charge < -0.3 is 14.2 Å². The molecule has 0 saturated heterocycles. The number of rotatable bonds is 6. The largest absolute Gasteiger partial charge is 0.467 e. The molecule has 1 aliphatic heterocycles. The van der Waals surface area contributed by atoms with E-state index in [-0.39, 0.29) is 37.0 Å². The van der Waals surface area contributed by atoms with E-state index in [9.17, 15) is 23.3 Å². The van der Waals surface area contributed by atoms with Crippen molar-refractivity contribution in [2.45, 2.75) is 19.0 Å². The number of carbonyl (C=O) groups excluding carboxylic acids is 1. The number of fused-ring (bicyclic) bond motifs is 1. The first-order valence-electron chi connectivity index (χ1n) is 8.17. The number of sulfone groups is 1. The molecular weight excluding hydrogens is 390 g/mol. The Bertz CT molecular complexity index is 1010. The lowest BCUT2D eigenvalue weighted by molar-refractivity contribution is -0.385. The van der Waals surface area contributed by atoms with E-state index in [0.29, 0.717) is 22.4 Å². The first kappa shape index (κ1) is 19.8. The van der Waals surface area contributed by atoms with Crippen molar-refractivity contribution in [2.75, 3.05) is 13.0 Å². The third kappa shape index (κ3) is 4.84. The van der Waals surface area contributed by atoms with Gasteiger partial charge in [0.25, 0.3) is 5.69 Å². The molecule has 0 fully saturated rings. The van der Waals surface area contributed by atoms with Gasteiger partial charge in [0.1, 0.15) is 12.4 Å². The van der Waals surface area contributed by atoms with E-state index in [2.05, 4.69) is 0 Å². The van der Waals surface area contributed by atoms with Gasteiger partial charge in [-0.2, -0.15) is 0 Å². The van der Waals surface area contributed by atoms with Crippen LogP contribution >= 0.6 is 0 Å². The van der Waals surface area contributed by atoms with Crippen LogP contribution in [0.4, 0.5) is 5.69 Å². The lowest BCUT2D eigenvalue weighted by Crippen LogP contribution is -2.15. The zero-order valence-electron chi connectivity index (χ0n) is 14.9. The van der Waals surface area contributed by atoms with Crippen LogP contribution in [0.25, 0.3) is 0 Å². The third-order valence-electron chi connectivity index (χ3n) is 3.96. The Kier molecular flexibility index (Phi) is 5.61. The van der Waals surface area contributed by atoms with E-state index >= 15 is 0 Å². The second-order valence-electron chi connectivity index (χ2n) is 6.30. The molecule has 0 amide bonds. The number of hydrogen-bond donors (Lipinski definition) is 0. The number of nitro groups is 1. The number of non-ortho nitro benzene ring substituents is 1. The number of carbonyl (C=O) groups is 1. The second-order valence-corrected chi connectivity index (χ2v) is 8.44. The molecule has 0 atom stereocenters. The molecule has 0 unspecified atom stereocenters. The number of esters is 1. The smallest absolute Gasteiger partial charge is 0.338 e. The maximum atomic E-state index is 12.3. The zero-order chi connectivity index (χ0) is 20.3. The van der Waals surface area contributed by atoms with Crippen LogP contribution in [-0.4, -0.2) is 32.4 Å². The van der Waals surface area contributed by atoms with Crippen LogP contribution in [0.1, 0.15) is 27.0 Å². The number of hydrogen-bond acceptors (Lipinski definition) is 8. The summed E-state index contributed by atoms with van der Waals surface area (Å²) in [4.78, 5) is 22.8. The lowest BCUT2D eigenvalue weighted by Gasteiger charge is -2.20. The van der Waals surface area contributed by atoms with Gasteiger partial charge in [0.05, 0.1) is 22.8 Å². The summed E-state index contributed by atoms with van der Waals surface area (Å²) in [6, 6.07) is 8.67. The maximum Gasteiger partial charge on any atom is 0.338 e. The van der Waals surface area contributed by atoms with Gasteiger partial charge in [-0.15, -0.1) is 0 Å². The van der Waals surface area contributed by atoms with Crippen LogP contribution in [0, 0.1) is 10.1 Å². The molecule has 10 heteroatoms. The van der Waals surface area contributed by atoms with Gasteiger partial charge in [0.2, 0.25) is 0 Å². The van der Waals surface area contributed by atoms with Gasteiger partial charge >= 0.3 is 5.97 Å². The van der Waals surface area contributed by atoms with E-state index in [1.807, 2.05) is 0 Å². The van der Waals surface area contributed by atoms with Crippen LogP contribution in [0.15, 0.2) is 36.4 Å². The molecule has 0 N–H and O–H groups in total. The van der Waals surface area contributed by atoms with Crippen LogP contribution in [-0.2, 0) is 38.3 Å². The summed E-state index contributed by atoms with van der Waals surface area (Å²) in [5.41, 5.74) is 1.52. The standard InChI is InChI=1S/C18H17NO8S/c1-28(23,24)10-12-2-4-13(5-3-12)18(20)26-9-15-7-16(19(21)22)6-14-8-25-11-27-17(14)15/h2-7H,8-11H2,1H3. The monoisotopic (exact) mass is 407 g/mol. The fourth-order valence-corrected chi connectivity index (χ4v) is 3.56. The fraction of sp³-hybridized carbons (Fsp3) is 0.278. The Morgan fingerprint density at radius 2 is 1.96 bits per heavy atom. The molecule has 9 nitrogen and oxygen atoms in total. The summed E-state index contributed by atoms with van der Waals surface area (Å²) >= 11 is 0. The highest BCUT2D eigenvalue weighted by Gasteiger charge is 2.22. The van der Waals surface area contributed by atoms with E-state index in [1.165, 1.54) is 36.4 Å². The average molecular weight is 407 g/mol. The summed E-state index contributed by atoms with van der Waals surface area (Å²) in [7, 11) is -3.17. The predicted molar refractivity (Wildman–Crippen MR) is 97.5 cm³/mol. The van der Waals surface area contributed by atoms with Gasteiger partial charge in [-0.1, -0.05) is 12.1 Å². The summed E-state index contributed by atoms with van der Waals surface area (Å²) in [5.74, 6) is -0.354. The minimum atomic E-state index is -3.17. The molecule has 2 aromatic rings. The SMILES string of the molecule is CS(=O)(=O)Cc1ccc(C(=O)OCc2cc([N+](=O)[O-])cc3c2OCOC3)cc1. The van der Waals surface area contributed by atoms with Crippen LogP contribution in [0.3, 0.4) is 0 Å². The van der Waals surface area contributed by atoms with E-state index < -0.39 is 20.7 Å². The summed E-state index contributed by atoms with van der Waals surface area (Å²) in [5, 5.41) is 11.1. The van der Waals surface area contributed by atoms with Gasteiger partial charge in [-0.05, 0) is 17.7 Å². The zero-order valence-corrected chi connectivity index (χ0v) is 15.7. The van der Waals surface area contributed by atoms with Crippen molar-refractivity contribution in [1.82, 2.24) is 0 Å². The number of nitro benzene ring substituents is 1. The molecule has 0 radical (unpaired) electrons. The fourth-order valence-electron chi connectivity index (χ4n) is 2.76. The minimum absolute atomic E-state index is 0.00750. The lowest BCUT2D eigenvalue weighted by atomic mass is 10.1. The van der Waals surface area contributed by atoms with Crippen molar-refractivity contribution in [3.63, 3.8) is 0 Å². The summed E-state index contributed by atoms with van der Waals surface area (Å²) < 4.78 is 38.4. The first-order chi connectivity index (χ1) is 13.2. The van der Waals surface area contributed by atoms with E-state index in [1.54, 1.807) is 0 Å². The van der Waals surface area contributed by atoms with Crippen molar-refractivity contribution in [3.8, 4) is 5.75 Å². The molecule has 0 bridgehead atoms. The van der Waals surface area contributed by atoms with Crippen LogP contribution in [0.5, 0.6) is 5.75 Å². The molecule has 0 spiro atoms. The maximum absolute atomic E-state index is 12.3. The Morgan fingerprint density at radius 3 is 2.61 bits per heavy atom. The quantitative estimate of drug-likeness (QED) is 0.406. The van der Waals surface area contributed by atoms with Crippen LogP contribution in [0.2, 0.25) is 0 Å². The molecule has 28 heavy (non-hydrogen) atoms. The summed E-state index contributed by atoms with van der Waals surface area (Å²) in [6.45, 7) is -0.0404. The van der Waals surface area contributed by atoms with Gasteiger partial charge in [0, 0.05) is 29.5 Å². The van der Waals surface area contributed by atoms with Gasteiger partial charge in [-0.3, -0.25) is 10.1 Å². The second kappa shape index (κ2) is 7.95. The van der Waals surface area contributed by atoms with Crippen molar-refractivity contribution < 1.29 is 32.3 Å². The van der Waals surface area contributed by atoms with E-state index in [0.717, 1.165) is 6.26 Å². The molecule has 148 valence electrons. The minimum Gasteiger partial charge on any atom is -0.467 e. The Labute approximate surface area is 160 Å². The van der Waals surface area contributed by atoms with Crippen molar-refractivity contribution in [3.05, 3.63) is 68.8 Å². The third-order valence-corrected chi connectivity index (χ3v) is 4.82. The topological polar surface area (TPSA) is 122 Å².